The van der Waals surface area contributed by atoms with Gasteiger partial charge in [-0.2, -0.15) is 0 Å². The number of pyridine rings is 1. The van der Waals surface area contributed by atoms with Crippen LogP contribution in [0.1, 0.15) is 5.56 Å². The number of hydrogen-bond donors (Lipinski definition) is 1. The van der Waals surface area contributed by atoms with Crippen molar-refractivity contribution in [3.63, 3.8) is 0 Å². The molecule has 36 heavy (non-hydrogen) atoms. The summed E-state index contributed by atoms with van der Waals surface area (Å²) in [5.74, 6) is 0.718. The summed E-state index contributed by atoms with van der Waals surface area (Å²) in [6.45, 7) is 0.750. The fourth-order valence-electron chi connectivity index (χ4n) is 4.50. The first-order valence-electron chi connectivity index (χ1n) is 11.9. The van der Waals surface area contributed by atoms with E-state index in [1.807, 2.05) is 22.6 Å². The average Bonchev–Trinajstić information content (AvgIpc) is 3.42. The van der Waals surface area contributed by atoms with Crippen LogP contribution >= 0.6 is 0 Å². The van der Waals surface area contributed by atoms with Crippen LogP contribution in [0.3, 0.4) is 0 Å². The van der Waals surface area contributed by atoms with Crippen LogP contribution in [-0.2, 0) is 6.42 Å². The third-order valence-electron chi connectivity index (χ3n) is 6.26. The Morgan fingerprint density at radius 2 is 1.61 bits per heavy atom. The molecule has 0 saturated heterocycles. The normalized spacial score (nSPS) is 12.1. The van der Waals surface area contributed by atoms with E-state index >= 15 is 0 Å². The van der Waals surface area contributed by atoms with Crippen molar-refractivity contribution >= 4 is 39.2 Å². The van der Waals surface area contributed by atoms with Crippen LogP contribution in [0.5, 0.6) is 0 Å². The Labute approximate surface area is 218 Å². The van der Waals surface area contributed by atoms with Crippen molar-refractivity contribution < 1.29 is 0 Å². The Morgan fingerprint density at radius 3 is 2.44 bits per heavy atom. The molecule has 0 unspecified atom stereocenters. The molecule has 1 atom stereocenters. The van der Waals surface area contributed by atoms with Crippen molar-refractivity contribution in [3.05, 3.63) is 109 Å². The molecule has 6 rings (SSSR count). The second kappa shape index (κ2) is 9.92. The van der Waals surface area contributed by atoms with Crippen LogP contribution in [-0.4, -0.2) is 48.0 Å². The first kappa shape index (κ1) is 22.4. The van der Waals surface area contributed by atoms with E-state index in [0.717, 1.165) is 46.9 Å². The van der Waals surface area contributed by atoms with Crippen LogP contribution in [0, 0.1) is 0 Å². The zero-order valence-electron chi connectivity index (χ0n) is 19.5. The maximum atomic E-state index is 5.12. The summed E-state index contributed by atoms with van der Waals surface area (Å²) in [5, 5.41) is 14.7. The van der Waals surface area contributed by atoms with Gasteiger partial charge in [-0.15, -0.1) is 0 Å². The van der Waals surface area contributed by atoms with Gasteiger partial charge in [0.15, 0.2) is 0 Å². The second-order valence-corrected chi connectivity index (χ2v) is 10.2. The first-order valence-corrected chi connectivity index (χ1v) is 12.9. The van der Waals surface area contributed by atoms with Crippen molar-refractivity contribution in [2.75, 3.05) is 11.9 Å². The molecule has 0 fully saturated rings. The van der Waals surface area contributed by atoms with E-state index in [1.54, 1.807) is 18.7 Å². The molecule has 0 amide bonds. The van der Waals surface area contributed by atoms with E-state index in [9.17, 15) is 0 Å². The fourth-order valence-corrected chi connectivity index (χ4v) is 5.14. The van der Waals surface area contributed by atoms with Crippen LogP contribution in [0.25, 0.3) is 38.8 Å². The summed E-state index contributed by atoms with van der Waals surface area (Å²) >= 11 is 2.77. The summed E-state index contributed by atoms with van der Waals surface area (Å²) in [6, 6.07) is 29.3. The molecule has 3 heterocycles. The predicted octanol–water partition coefficient (Wildman–Crippen LogP) is 5.62. The van der Waals surface area contributed by atoms with Crippen molar-refractivity contribution in [2.45, 2.75) is 11.1 Å². The van der Waals surface area contributed by atoms with E-state index in [0.29, 0.717) is 4.71 Å². The Hall–Kier alpha value is -4.02. The van der Waals surface area contributed by atoms with E-state index < -0.39 is 0 Å². The number of nitrogens with zero attached hydrogens (tertiary/aromatic N) is 5. The van der Waals surface area contributed by atoms with Gasteiger partial charge in [-0.25, -0.2) is 0 Å². The van der Waals surface area contributed by atoms with Gasteiger partial charge in [0.25, 0.3) is 0 Å². The fraction of sp³-hybridized carbons (Fsp3) is 0.103. The number of benzene rings is 3. The molecule has 7 heteroatoms. The standard InChI is InChI=1S/C29H23AsN6/c30-25(16-20-6-2-1-3-7-20)18-32-29-34-27(22-12-14-31-15-13-22)26(28-35-33-19-36(28)29)24-11-10-21-8-4-5-9-23(21)17-24/h1-15,17,19,25H,16,18H2,(H,32,34)/t25-/m1/s1. The number of hydrogen-bond acceptors (Lipinski definition) is 5. The monoisotopic (exact) mass is 530 g/mol. The minimum atomic E-state index is 0.359. The first-order chi connectivity index (χ1) is 17.8. The number of rotatable bonds is 7. The SMILES string of the molecule is [As][C@@H](CNc1nc(-c2ccncc2)c(-c2ccc3ccccc3c2)c2nncn12)Cc1ccccc1. The van der Waals surface area contributed by atoms with Gasteiger partial charge in [0.05, 0.1) is 0 Å². The number of aromatic nitrogens is 5. The van der Waals surface area contributed by atoms with Gasteiger partial charge in [-0.05, 0) is 0 Å². The average molecular weight is 530 g/mol. The summed E-state index contributed by atoms with van der Waals surface area (Å²) in [6.07, 6.45) is 6.28. The molecular formula is C29H23AsN6. The molecular weight excluding hydrogens is 507 g/mol. The van der Waals surface area contributed by atoms with Gasteiger partial charge in [0.2, 0.25) is 0 Å². The molecule has 6 nitrogen and oxygen atoms in total. The van der Waals surface area contributed by atoms with E-state index in [4.69, 9.17) is 4.98 Å². The second-order valence-electron chi connectivity index (χ2n) is 8.71. The Bertz CT molecular complexity index is 1630. The number of anilines is 1. The summed E-state index contributed by atoms with van der Waals surface area (Å²) < 4.78 is 2.30. The molecule has 3 aromatic heterocycles. The number of fused-ring (bicyclic) bond motifs is 2. The van der Waals surface area contributed by atoms with Crippen molar-refractivity contribution in [1.29, 1.82) is 0 Å². The zero-order valence-corrected chi connectivity index (χ0v) is 21.4. The van der Waals surface area contributed by atoms with Crippen molar-refractivity contribution in [1.82, 2.24) is 24.6 Å². The maximum absolute atomic E-state index is 5.12. The van der Waals surface area contributed by atoms with E-state index in [1.165, 1.54) is 16.3 Å². The van der Waals surface area contributed by atoms with Gasteiger partial charge in [-0.3, -0.25) is 0 Å². The third-order valence-corrected chi connectivity index (χ3v) is 7.02. The molecule has 3 aromatic carbocycles. The molecule has 2 radical (unpaired) electrons. The summed E-state index contributed by atoms with van der Waals surface area (Å²) in [5.41, 5.74) is 5.90. The molecule has 6 aromatic rings. The number of nitrogens with one attached hydrogen (secondary N) is 1. The minimum absolute atomic E-state index is 0.359. The molecule has 0 spiro atoms. The Morgan fingerprint density at radius 1 is 0.833 bits per heavy atom. The molecule has 1 N–H and O–H groups in total. The Kier molecular flexibility index (Phi) is 6.18. The van der Waals surface area contributed by atoms with Crippen LogP contribution < -0.4 is 5.32 Å². The molecule has 0 saturated carbocycles. The van der Waals surface area contributed by atoms with Gasteiger partial charge >= 0.3 is 212 Å². The van der Waals surface area contributed by atoms with Crippen molar-refractivity contribution in [3.8, 4) is 22.4 Å². The van der Waals surface area contributed by atoms with E-state index in [-0.39, 0.29) is 0 Å². The van der Waals surface area contributed by atoms with Crippen LogP contribution in [0.2, 0.25) is 4.71 Å². The molecule has 0 aliphatic rings. The quantitative estimate of drug-likeness (QED) is 0.272. The van der Waals surface area contributed by atoms with Gasteiger partial charge in [0.1, 0.15) is 0 Å². The van der Waals surface area contributed by atoms with Gasteiger partial charge < -0.3 is 0 Å². The molecule has 0 aliphatic carbocycles. The van der Waals surface area contributed by atoms with Crippen LogP contribution in [0.15, 0.2) is 104 Å². The Balaban J connectivity index is 1.43. The zero-order chi connectivity index (χ0) is 24.3. The summed E-state index contributed by atoms with van der Waals surface area (Å²) in [7, 11) is 0. The van der Waals surface area contributed by atoms with Gasteiger partial charge in [-0.1, -0.05) is 6.07 Å². The third kappa shape index (κ3) is 4.48. The van der Waals surface area contributed by atoms with E-state index in [2.05, 4.69) is 104 Å². The topological polar surface area (TPSA) is 68.0 Å². The molecule has 0 bridgehead atoms. The molecule has 174 valence electrons. The van der Waals surface area contributed by atoms with Gasteiger partial charge in [0, 0.05) is 0 Å². The van der Waals surface area contributed by atoms with Crippen molar-refractivity contribution in [2.24, 2.45) is 0 Å². The predicted molar refractivity (Wildman–Crippen MR) is 145 cm³/mol. The van der Waals surface area contributed by atoms with Crippen LogP contribution in [0.4, 0.5) is 5.95 Å². The molecule has 0 aliphatic heterocycles. The summed E-state index contributed by atoms with van der Waals surface area (Å²) in [4.78, 5) is 9.33.